The molecule has 2 aliphatic rings. The number of rotatable bonds is 6. The number of hydrogen-bond acceptors (Lipinski definition) is 10. The molecule has 0 saturated heterocycles. The van der Waals surface area contributed by atoms with Gasteiger partial charge in [0.05, 0.1) is 24.7 Å². The van der Waals surface area contributed by atoms with E-state index in [9.17, 15) is 10.1 Å². The summed E-state index contributed by atoms with van der Waals surface area (Å²) >= 11 is 3.08. The van der Waals surface area contributed by atoms with Crippen molar-refractivity contribution in [1.82, 2.24) is 20.2 Å². The molecule has 2 aromatic heterocycles. The quantitative estimate of drug-likeness (QED) is 0.456. The predicted octanol–water partition coefficient (Wildman–Crippen LogP) is 4.51. The molecule has 1 aliphatic heterocycles. The molecule has 9 nitrogen and oxygen atoms in total. The minimum atomic E-state index is -0.488. The number of anilines is 1. The van der Waals surface area contributed by atoms with E-state index < -0.39 is 5.92 Å². The van der Waals surface area contributed by atoms with Crippen LogP contribution < -0.4 is 15.4 Å². The third kappa shape index (κ3) is 4.63. The molecular weight excluding hydrogens is 506 g/mol. The number of thiophene rings is 1. The highest BCUT2D eigenvalue weighted by atomic mass is 32.2. The second-order valence-electron chi connectivity index (χ2n) is 9.91. The number of aromatic nitrogens is 4. The average molecular weight is 534 g/mol. The molecule has 1 atom stereocenters. The number of Topliss-reactive ketones (excluding diaryl/α,β-unsaturated/α-hetero) is 1. The Morgan fingerprint density at radius 1 is 1.30 bits per heavy atom. The summed E-state index contributed by atoms with van der Waals surface area (Å²) in [7, 11) is 3.42. The van der Waals surface area contributed by atoms with Gasteiger partial charge >= 0.3 is 0 Å². The number of nitrogens with zero attached hydrogens (tertiary/aromatic N) is 6. The zero-order valence-corrected chi connectivity index (χ0v) is 22.7. The number of benzene rings is 1. The maximum Gasteiger partial charge on any atom is 0.209 e. The molecule has 0 spiro atoms. The summed E-state index contributed by atoms with van der Waals surface area (Å²) in [6.07, 6.45) is 1.09. The number of tetrazole rings is 1. The largest absolute Gasteiger partial charge is 0.497 e. The molecule has 0 radical (unpaired) electrons. The van der Waals surface area contributed by atoms with Gasteiger partial charge in [0.25, 0.3) is 0 Å². The first-order valence-corrected chi connectivity index (χ1v) is 13.6. The fraction of sp³-hybridized carbons (Fsp3) is 0.346. The van der Waals surface area contributed by atoms with Crippen LogP contribution in [0.3, 0.4) is 0 Å². The van der Waals surface area contributed by atoms with E-state index in [2.05, 4.69) is 46.9 Å². The van der Waals surface area contributed by atoms with Gasteiger partial charge in [0.2, 0.25) is 5.16 Å². The zero-order valence-electron chi connectivity index (χ0n) is 21.1. The Labute approximate surface area is 223 Å². The van der Waals surface area contributed by atoms with Crippen molar-refractivity contribution in [3.05, 3.63) is 68.8 Å². The van der Waals surface area contributed by atoms with Crippen LogP contribution in [0, 0.1) is 16.7 Å². The minimum absolute atomic E-state index is 0.0597. The number of ketones is 1. The van der Waals surface area contributed by atoms with Crippen LogP contribution in [0.15, 0.2) is 63.5 Å². The first-order chi connectivity index (χ1) is 17.7. The van der Waals surface area contributed by atoms with Crippen LogP contribution in [0.25, 0.3) is 0 Å². The third-order valence-electron chi connectivity index (χ3n) is 6.62. The number of carbonyl (C=O) groups excluding carboxylic acids is 1. The van der Waals surface area contributed by atoms with Crippen LogP contribution in [0.2, 0.25) is 0 Å². The van der Waals surface area contributed by atoms with Gasteiger partial charge in [0, 0.05) is 41.1 Å². The molecule has 0 saturated carbocycles. The number of allylic oxidation sites excluding steroid dienone is 3. The molecule has 0 bridgehead atoms. The zero-order chi connectivity index (χ0) is 26.3. The normalized spacial score (nSPS) is 19.2. The summed E-state index contributed by atoms with van der Waals surface area (Å²) in [6.45, 7) is 4.19. The number of ether oxygens (including phenoxy) is 1. The number of nitriles is 1. The van der Waals surface area contributed by atoms with Gasteiger partial charge in [-0.1, -0.05) is 25.6 Å². The van der Waals surface area contributed by atoms with Gasteiger partial charge in [-0.25, -0.2) is 4.68 Å². The average Bonchev–Trinajstić information content (AvgIpc) is 3.50. The molecule has 2 N–H and O–H groups in total. The smallest absolute Gasteiger partial charge is 0.209 e. The molecule has 1 aromatic carbocycles. The van der Waals surface area contributed by atoms with E-state index in [0.717, 1.165) is 32.7 Å². The SMILES string of the molecule is COc1ccc(N2C(N)=C(C#N)[C@H](c3cc(CSc4nnnn4C)cs3)C3=C2CC(C)(C)CC3=O)cc1. The number of aryl methyl sites for hydroxylation is 1. The lowest BCUT2D eigenvalue weighted by Gasteiger charge is -2.43. The van der Waals surface area contributed by atoms with Crippen molar-refractivity contribution < 1.29 is 9.53 Å². The summed E-state index contributed by atoms with van der Waals surface area (Å²) in [5.74, 6) is 1.32. The van der Waals surface area contributed by atoms with Crippen LogP contribution in [-0.4, -0.2) is 33.1 Å². The van der Waals surface area contributed by atoms with Crippen LogP contribution in [0.5, 0.6) is 5.75 Å². The van der Waals surface area contributed by atoms with Gasteiger partial charge < -0.3 is 10.5 Å². The summed E-state index contributed by atoms with van der Waals surface area (Å²) in [4.78, 5) is 16.5. The van der Waals surface area contributed by atoms with Gasteiger partial charge in [-0.05, 0) is 63.5 Å². The van der Waals surface area contributed by atoms with Crippen molar-refractivity contribution in [3.8, 4) is 11.8 Å². The van der Waals surface area contributed by atoms with E-state index in [1.165, 1.54) is 11.8 Å². The second kappa shape index (κ2) is 9.68. The predicted molar refractivity (Wildman–Crippen MR) is 143 cm³/mol. The second-order valence-corrected chi connectivity index (χ2v) is 11.8. The van der Waals surface area contributed by atoms with Crippen molar-refractivity contribution in [3.63, 3.8) is 0 Å². The molecule has 0 amide bonds. The van der Waals surface area contributed by atoms with Gasteiger partial charge in [0.1, 0.15) is 11.6 Å². The first kappa shape index (κ1) is 25.0. The molecule has 5 rings (SSSR count). The van der Waals surface area contributed by atoms with Gasteiger partial charge in [-0.2, -0.15) is 5.26 Å². The standard InChI is InChI=1S/C26H27N7O2S2/c1-26(2)10-19-23(20(34)11-26)22(21-9-15(13-36-21)14-37-25-29-30-31-32(25)3)18(12-27)24(28)33(19)16-5-7-17(35-4)8-6-16/h5-9,13,22H,10-11,14,28H2,1-4H3/t22-/m1/s1. The summed E-state index contributed by atoms with van der Waals surface area (Å²) in [5, 5.41) is 24.6. The molecule has 1 aliphatic carbocycles. The van der Waals surface area contributed by atoms with Crippen molar-refractivity contribution in [2.75, 3.05) is 12.0 Å². The molecule has 0 unspecified atom stereocenters. The Morgan fingerprint density at radius 2 is 2.05 bits per heavy atom. The highest BCUT2D eigenvalue weighted by Gasteiger charge is 2.45. The fourth-order valence-corrected chi connectivity index (χ4v) is 6.85. The number of hydrogen-bond donors (Lipinski definition) is 1. The van der Waals surface area contributed by atoms with E-state index in [-0.39, 0.29) is 11.2 Å². The third-order valence-corrected chi connectivity index (χ3v) is 8.75. The number of nitrogens with two attached hydrogens (primary N) is 1. The first-order valence-electron chi connectivity index (χ1n) is 11.7. The van der Waals surface area contributed by atoms with Crippen molar-refractivity contribution in [1.29, 1.82) is 5.26 Å². The van der Waals surface area contributed by atoms with Crippen molar-refractivity contribution in [2.45, 2.75) is 43.5 Å². The Balaban J connectivity index is 1.58. The highest BCUT2D eigenvalue weighted by molar-refractivity contribution is 7.98. The van der Waals surface area contributed by atoms with Gasteiger partial charge in [0.15, 0.2) is 5.78 Å². The number of carbonyl (C=O) groups is 1. The molecular formula is C26H27N7O2S2. The van der Waals surface area contributed by atoms with Crippen LogP contribution >= 0.6 is 23.1 Å². The molecule has 37 heavy (non-hydrogen) atoms. The Kier molecular flexibility index (Phi) is 6.56. The molecule has 190 valence electrons. The van der Waals surface area contributed by atoms with Crippen LogP contribution in [0.4, 0.5) is 5.69 Å². The Hall–Kier alpha value is -3.62. The van der Waals surface area contributed by atoms with Crippen LogP contribution in [-0.2, 0) is 17.6 Å². The summed E-state index contributed by atoms with van der Waals surface area (Å²) in [6, 6.07) is 11.9. The molecule has 11 heteroatoms. The van der Waals surface area contributed by atoms with E-state index in [1.807, 2.05) is 29.2 Å². The van der Waals surface area contributed by atoms with E-state index in [1.54, 1.807) is 30.2 Å². The Bertz CT molecular complexity index is 1460. The molecule has 0 fully saturated rings. The molecule has 3 aromatic rings. The summed E-state index contributed by atoms with van der Waals surface area (Å²) in [5.41, 5.74) is 10.3. The topological polar surface area (TPSA) is 123 Å². The lowest BCUT2D eigenvalue weighted by atomic mass is 9.69. The lowest BCUT2D eigenvalue weighted by molar-refractivity contribution is -0.118. The van der Waals surface area contributed by atoms with Crippen molar-refractivity contribution >= 4 is 34.6 Å². The molecule has 3 heterocycles. The number of methoxy groups -OCH3 is 1. The van der Waals surface area contributed by atoms with E-state index >= 15 is 0 Å². The minimum Gasteiger partial charge on any atom is -0.497 e. The van der Waals surface area contributed by atoms with E-state index in [4.69, 9.17) is 10.5 Å². The Morgan fingerprint density at radius 3 is 2.70 bits per heavy atom. The monoisotopic (exact) mass is 533 g/mol. The lowest BCUT2D eigenvalue weighted by Crippen LogP contribution is -2.42. The maximum atomic E-state index is 13.7. The summed E-state index contributed by atoms with van der Waals surface area (Å²) < 4.78 is 6.95. The fourth-order valence-electron chi connectivity index (χ4n) is 4.93. The maximum absolute atomic E-state index is 13.7. The number of thioether (sulfide) groups is 1. The van der Waals surface area contributed by atoms with Gasteiger partial charge in [-0.3, -0.25) is 9.69 Å². The van der Waals surface area contributed by atoms with E-state index in [0.29, 0.717) is 35.6 Å². The van der Waals surface area contributed by atoms with Crippen molar-refractivity contribution in [2.24, 2.45) is 18.2 Å². The highest BCUT2D eigenvalue weighted by Crippen LogP contribution is 2.51. The van der Waals surface area contributed by atoms with Crippen LogP contribution in [0.1, 0.15) is 43.0 Å². The van der Waals surface area contributed by atoms with Gasteiger partial charge in [-0.15, -0.1) is 16.4 Å².